The minimum absolute atomic E-state index is 0.489. The van der Waals surface area contributed by atoms with Crippen molar-refractivity contribution >= 4 is 10.0 Å². The summed E-state index contributed by atoms with van der Waals surface area (Å²) in [4.78, 5) is 2.50. The van der Waals surface area contributed by atoms with Gasteiger partial charge in [0.1, 0.15) is 0 Å². The van der Waals surface area contributed by atoms with Crippen molar-refractivity contribution in [2.75, 3.05) is 39.0 Å². The first-order chi connectivity index (χ1) is 10.4. The van der Waals surface area contributed by atoms with Crippen molar-refractivity contribution in [3.8, 4) is 0 Å². The molecule has 2 aliphatic heterocycles. The van der Waals surface area contributed by atoms with E-state index in [9.17, 15) is 8.42 Å². The molecular weight excluding hydrogens is 300 g/mol. The van der Waals surface area contributed by atoms with Crippen molar-refractivity contribution < 1.29 is 8.42 Å². The van der Waals surface area contributed by atoms with Crippen LogP contribution < -0.4 is 0 Å². The Morgan fingerprint density at radius 2 is 1.95 bits per heavy atom. The maximum absolute atomic E-state index is 11.6. The molecular formula is C15H26N4O2S. The summed E-state index contributed by atoms with van der Waals surface area (Å²) in [5.74, 6) is 1.10. The van der Waals surface area contributed by atoms with Crippen LogP contribution in [0.3, 0.4) is 0 Å². The normalized spacial score (nSPS) is 25.8. The standard InChI is InChI=1S/C15H26N4O2S/c1-17-15(3-7-16-17)14-5-8-18(9-6-14)11-13-4-10-19(12-13)22(2,20)21/h3,7,13-14H,4-6,8-12H2,1-2H3. The van der Waals surface area contributed by atoms with Crippen molar-refractivity contribution in [2.24, 2.45) is 13.0 Å². The van der Waals surface area contributed by atoms with E-state index in [-0.39, 0.29) is 0 Å². The first-order valence-electron chi connectivity index (χ1n) is 8.09. The van der Waals surface area contributed by atoms with Crippen LogP contribution in [0.4, 0.5) is 0 Å². The third kappa shape index (κ3) is 3.52. The van der Waals surface area contributed by atoms with Gasteiger partial charge in [0.15, 0.2) is 0 Å². The number of rotatable bonds is 4. The van der Waals surface area contributed by atoms with Crippen LogP contribution in [0.15, 0.2) is 12.3 Å². The van der Waals surface area contributed by atoms with E-state index < -0.39 is 10.0 Å². The second-order valence-corrected chi connectivity index (χ2v) is 8.71. The number of aryl methyl sites for hydroxylation is 1. The lowest BCUT2D eigenvalue weighted by atomic mass is 9.93. The monoisotopic (exact) mass is 326 g/mol. The number of piperidine rings is 1. The third-order valence-electron chi connectivity index (χ3n) is 5.10. The molecule has 3 rings (SSSR count). The molecule has 2 fully saturated rings. The molecule has 0 radical (unpaired) electrons. The van der Waals surface area contributed by atoms with E-state index in [0.29, 0.717) is 24.9 Å². The molecule has 1 unspecified atom stereocenters. The Morgan fingerprint density at radius 3 is 2.50 bits per heavy atom. The van der Waals surface area contributed by atoms with Gasteiger partial charge in [-0.3, -0.25) is 4.68 Å². The molecule has 1 aromatic heterocycles. The average molecular weight is 326 g/mol. The van der Waals surface area contributed by atoms with E-state index in [2.05, 4.69) is 16.1 Å². The van der Waals surface area contributed by atoms with Crippen molar-refractivity contribution in [1.29, 1.82) is 0 Å². The quantitative estimate of drug-likeness (QED) is 0.824. The van der Waals surface area contributed by atoms with Gasteiger partial charge >= 0.3 is 0 Å². The minimum atomic E-state index is -3.01. The Bertz CT molecular complexity index is 605. The molecule has 3 heterocycles. The van der Waals surface area contributed by atoms with Crippen LogP contribution in [0.2, 0.25) is 0 Å². The predicted octanol–water partition coefficient (Wildman–Crippen LogP) is 0.881. The Labute approximate surface area is 133 Å². The molecule has 124 valence electrons. The highest BCUT2D eigenvalue weighted by molar-refractivity contribution is 7.88. The van der Waals surface area contributed by atoms with Gasteiger partial charge in [-0.2, -0.15) is 5.10 Å². The molecule has 0 saturated carbocycles. The second-order valence-electron chi connectivity index (χ2n) is 6.73. The van der Waals surface area contributed by atoms with Crippen LogP contribution in [-0.2, 0) is 17.1 Å². The highest BCUT2D eigenvalue weighted by Crippen LogP contribution is 2.29. The molecule has 0 N–H and O–H groups in total. The van der Waals surface area contributed by atoms with Gasteiger partial charge in [-0.05, 0) is 44.3 Å². The first kappa shape index (κ1) is 16.0. The highest BCUT2D eigenvalue weighted by Gasteiger charge is 2.31. The van der Waals surface area contributed by atoms with Gasteiger partial charge in [-0.25, -0.2) is 12.7 Å². The summed E-state index contributed by atoms with van der Waals surface area (Å²) >= 11 is 0. The molecule has 1 atom stereocenters. The van der Waals surface area contributed by atoms with Crippen LogP contribution >= 0.6 is 0 Å². The topological polar surface area (TPSA) is 58.4 Å². The summed E-state index contributed by atoms with van der Waals surface area (Å²) in [6.07, 6.45) is 6.52. The largest absolute Gasteiger partial charge is 0.303 e. The summed E-state index contributed by atoms with van der Waals surface area (Å²) < 4.78 is 26.8. The predicted molar refractivity (Wildman–Crippen MR) is 86.1 cm³/mol. The van der Waals surface area contributed by atoms with Crippen LogP contribution in [0, 0.1) is 5.92 Å². The fraction of sp³-hybridized carbons (Fsp3) is 0.800. The summed E-state index contributed by atoms with van der Waals surface area (Å²) in [7, 11) is -1.00. The zero-order chi connectivity index (χ0) is 15.7. The Balaban J connectivity index is 1.48. The Kier molecular flexibility index (Phi) is 4.56. The van der Waals surface area contributed by atoms with E-state index in [1.165, 1.54) is 24.8 Å². The summed E-state index contributed by atoms with van der Waals surface area (Å²) in [5.41, 5.74) is 1.34. The Morgan fingerprint density at radius 1 is 1.23 bits per heavy atom. The minimum Gasteiger partial charge on any atom is -0.303 e. The number of aromatic nitrogens is 2. The lowest BCUT2D eigenvalue weighted by Gasteiger charge is -2.33. The van der Waals surface area contributed by atoms with Gasteiger partial charge in [0, 0.05) is 44.5 Å². The number of nitrogens with zero attached hydrogens (tertiary/aromatic N) is 4. The summed E-state index contributed by atoms with van der Waals surface area (Å²) in [5, 5.41) is 4.27. The van der Waals surface area contributed by atoms with Crippen LogP contribution in [0.5, 0.6) is 0 Å². The van der Waals surface area contributed by atoms with Crippen molar-refractivity contribution in [3.05, 3.63) is 18.0 Å². The van der Waals surface area contributed by atoms with Crippen molar-refractivity contribution in [1.82, 2.24) is 19.0 Å². The maximum atomic E-state index is 11.6. The van der Waals surface area contributed by atoms with E-state index >= 15 is 0 Å². The van der Waals surface area contributed by atoms with Gasteiger partial charge in [0.05, 0.1) is 6.26 Å². The summed E-state index contributed by atoms with van der Waals surface area (Å²) in [6, 6.07) is 2.13. The molecule has 6 nitrogen and oxygen atoms in total. The van der Waals surface area contributed by atoms with E-state index in [0.717, 1.165) is 26.1 Å². The van der Waals surface area contributed by atoms with E-state index in [1.807, 2.05) is 17.9 Å². The Hall–Kier alpha value is -0.920. The molecule has 0 aromatic carbocycles. The second kappa shape index (κ2) is 6.29. The van der Waals surface area contributed by atoms with Crippen LogP contribution in [-0.4, -0.2) is 66.4 Å². The molecule has 2 aliphatic rings. The third-order valence-corrected chi connectivity index (χ3v) is 6.37. The van der Waals surface area contributed by atoms with E-state index in [1.54, 1.807) is 4.31 Å². The van der Waals surface area contributed by atoms with Crippen molar-refractivity contribution in [2.45, 2.75) is 25.2 Å². The van der Waals surface area contributed by atoms with Crippen molar-refractivity contribution in [3.63, 3.8) is 0 Å². The summed E-state index contributed by atoms with van der Waals surface area (Å²) in [6.45, 7) is 4.62. The molecule has 0 aliphatic carbocycles. The fourth-order valence-corrected chi connectivity index (χ4v) is 4.73. The smallest absolute Gasteiger partial charge is 0.211 e. The number of sulfonamides is 1. The first-order valence-corrected chi connectivity index (χ1v) is 9.93. The zero-order valence-electron chi connectivity index (χ0n) is 13.5. The highest BCUT2D eigenvalue weighted by atomic mass is 32.2. The van der Waals surface area contributed by atoms with Crippen LogP contribution in [0.25, 0.3) is 0 Å². The van der Waals surface area contributed by atoms with Gasteiger partial charge in [0.25, 0.3) is 0 Å². The lowest BCUT2D eigenvalue weighted by molar-refractivity contribution is 0.183. The number of likely N-dealkylation sites (tertiary alicyclic amines) is 1. The number of hydrogen-bond donors (Lipinski definition) is 0. The molecule has 2 saturated heterocycles. The molecule has 7 heteroatoms. The van der Waals surface area contributed by atoms with Crippen LogP contribution in [0.1, 0.15) is 30.9 Å². The van der Waals surface area contributed by atoms with Gasteiger partial charge < -0.3 is 4.90 Å². The SMILES string of the molecule is Cn1nccc1C1CCN(CC2CCN(S(C)(=O)=O)C2)CC1. The molecule has 1 aromatic rings. The zero-order valence-corrected chi connectivity index (χ0v) is 14.3. The maximum Gasteiger partial charge on any atom is 0.211 e. The fourth-order valence-electron chi connectivity index (χ4n) is 3.81. The molecule has 0 bridgehead atoms. The molecule has 0 spiro atoms. The van der Waals surface area contributed by atoms with Gasteiger partial charge in [-0.15, -0.1) is 0 Å². The van der Waals surface area contributed by atoms with E-state index in [4.69, 9.17) is 0 Å². The van der Waals surface area contributed by atoms with Gasteiger partial charge in [-0.1, -0.05) is 0 Å². The van der Waals surface area contributed by atoms with Gasteiger partial charge in [0.2, 0.25) is 10.0 Å². The lowest BCUT2D eigenvalue weighted by Crippen LogP contribution is -2.38. The average Bonchev–Trinajstić information content (AvgIpc) is 3.08. The molecule has 22 heavy (non-hydrogen) atoms. The molecule has 0 amide bonds. The number of hydrogen-bond acceptors (Lipinski definition) is 4.